The molecule has 0 saturated carbocycles. The van der Waals surface area contributed by atoms with Crippen LogP contribution >= 0.6 is 23.1 Å². The molecule has 0 radical (unpaired) electrons. The van der Waals surface area contributed by atoms with E-state index in [4.69, 9.17) is 9.72 Å². The third-order valence-electron chi connectivity index (χ3n) is 5.53. The Balaban J connectivity index is 1.77. The molecule has 160 valence electrons. The second-order valence-electron chi connectivity index (χ2n) is 7.40. The molecule has 3 heterocycles. The number of aryl methyl sites for hydroxylation is 2. The molecule has 0 atom stereocenters. The summed E-state index contributed by atoms with van der Waals surface area (Å²) in [5, 5.41) is 1.33. The number of thioether (sulfide) groups is 1. The summed E-state index contributed by atoms with van der Waals surface area (Å²) in [7, 11) is 4.70. The lowest BCUT2D eigenvalue weighted by molar-refractivity contribution is 0.183. The summed E-state index contributed by atoms with van der Waals surface area (Å²) in [6.45, 7) is 0.804. The van der Waals surface area contributed by atoms with Gasteiger partial charge in [-0.1, -0.05) is 11.8 Å². The molecular weight excluding hydrogens is 424 g/mol. The van der Waals surface area contributed by atoms with E-state index in [0.717, 1.165) is 46.0 Å². The molecule has 0 bridgehead atoms. The first-order valence-corrected chi connectivity index (χ1v) is 11.6. The Labute approximate surface area is 181 Å². The lowest BCUT2D eigenvalue weighted by Gasteiger charge is -2.14. The monoisotopic (exact) mass is 448 g/mol. The summed E-state index contributed by atoms with van der Waals surface area (Å²) >= 11 is 2.97. The van der Waals surface area contributed by atoms with Crippen LogP contribution in [0.2, 0.25) is 0 Å². The van der Waals surface area contributed by atoms with Crippen LogP contribution in [0.3, 0.4) is 0 Å². The Bertz CT molecular complexity index is 1290. The lowest BCUT2D eigenvalue weighted by Crippen LogP contribution is -2.37. The highest BCUT2D eigenvalue weighted by atomic mass is 32.2. The number of aromatic nitrogens is 4. The minimum Gasteiger partial charge on any atom is -0.383 e. The molecule has 0 amide bonds. The van der Waals surface area contributed by atoms with E-state index in [-0.39, 0.29) is 16.8 Å². The van der Waals surface area contributed by atoms with E-state index in [2.05, 4.69) is 0 Å². The van der Waals surface area contributed by atoms with Gasteiger partial charge in [0.2, 0.25) is 0 Å². The van der Waals surface area contributed by atoms with Crippen LogP contribution in [0.25, 0.3) is 10.2 Å². The average Bonchev–Trinajstić information content (AvgIpc) is 3.12. The molecule has 10 heteroatoms. The quantitative estimate of drug-likeness (QED) is 0.421. The topological polar surface area (TPSA) is 88.1 Å². The van der Waals surface area contributed by atoms with Crippen molar-refractivity contribution < 1.29 is 4.74 Å². The van der Waals surface area contributed by atoms with Crippen molar-refractivity contribution in [1.29, 1.82) is 0 Å². The maximum atomic E-state index is 13.4. The van der Waals surface area contributed by atoms with Crippen LogP contribution in [0.4, 0.5) is 0 Å². The van der Waals surface area contributed by atoms with E-state index in [9.17, 15) is 14.4 Å². The highest BCUT2D eigenvalue weighted by Crippen LogP contribution is 2.35. The highest BCUT2D eigenvalue weighted by Gasteiger charge is 2.22. The summed E-state index contributed by atoms with van der Waals surface area (Å²) in [4.78, 5) is 44.5. The van der Waals surface area contributed by atoms with Crippen LogP contribution < -0.4 is 16.8 Å². The minimum absolute atomic E-state index is 0.0307. The molecule has 0 fully saturated rings. The largest absolute Gasteiger partial charge is 0.383 e. The zero-order valence-electron chi connectivity index (χ0n) is 17.3. The zero-order valence-corrected chi connectivity index (χ0v) is 18.9. The number of fused-ring (bicyclic) bond motifs is 3. The third-order valence-corrected chi connectivity index (χ3v) is 7.73. The second kappa shape index (κ2) is 8.52. The molecule has 30 heavy (non-hydrogen) atoms. The van der Waals surface area contributed by atoms with Crippen LogP contribution in [-0.4, -0.2) is 32.4 Å². The molecule has 3 aromatic rings. The summed E-state index contributed by atoms with van der Waals surface area (Å²) in [5.41, 5.74) is 1.00. The molecule has 0 N–H and O–H groups in total. The molecular formula is C20H24N4O4S2. The third kappa shape index (κ3) is 3.67. The number of hydrogen-bond acceptors (Lipinski definition) is 7. The van der Waals surface area contributed by atoms with Crippen molar-refractivity contribution in [3.05, 3.63) is 53.4 Å². The van der Waals surface area contributed by atoms with E-state index >= 15 is 0 Å². The Hall–Kier alpha value is -2.17. The second-order valence-corrected chi connectivity index (χ2v) is 9.42. The van der Waals surface area contributed by atoms with Crippen molar-refractivity contribution >= 4 is 33.3 Å². The van der Waals surface area contributed by atoms with Gasteiger partial charge in [-0.05, 0) is 31.2 Å². The fourth-order valence-corrected chi connectivity index (χ4v) is 6.11. The van der Waals surface area contributed by atoms with E-state index in [1.165, 1.54) is 34.3 Å². The summed E-state index contributed by atoms with van der Waals surface area (Å²) in [6, 6.07) is 1.45. The highest BCUT2D eigenvalue weighted by molar-refractivity contribution is 7.98. The normalized spacial score (nSPS) is 13.7. The predicted molar refractivity (Wildman–Crippen MR) is 119 cm³/mol. The van der Waals surface area contributed by atoms with Crippen molar-refractivity contribution in [1.82, 2.24) is 18.7 Å². The van der Waals surface area contributed by atoms with Gasteiger partial charge in [0.25, 0.3) is 11.1 Å². The van der Waals surface area contributed by atoms with Gasteiger partial charge in [0, 0.05) is 43.6 Å². The summed E-state index contributed by atoms with van der Waals surface area (Å²) in [5.74, 6) is 0.359. The minimum atomic E-state index is -0.371. The van der Waals surface area contributed by atoms with Crippen LogP contribution in [-0.2, 0) is 44.0 Å². The summed E-state index contributed by atoms with van der Waals surface area (Å²) < 4.78 is 9.39. The van der Waals surface area contributed by atoms with E-state index in [1.54, 1.807) is 30.1 Å². The Morgan fingerprint density at radius 2 is 1.93 bits per heavy atom. The molecule has 0 aromatic carbocycles. The van der Waals surface area contributed by atoms with Crippen molar-refractivity contribution in [2.75, 3.05) is 13.7 Å². The van der Waals surface area contributed by atoms with Crippen molar-refractivity contribution in [2.24, 2.45) is 14.1 Å². The first-order chi connectivity index (χ1) is 14.4. The number of methoxy groups -OCH3 is 1. The van der Waals surface area contributed by atoms with Gasteiger partial charge in [-0.2, -0.15) is 0 Å². The van der Waals surface area contributed by atoms with E-state index < -0.39 is 0 Å². The Morgan fingerprint density at radius 1 is 1.17 bits per heavy atom. The van der Waals surface area contributed by atoms with Gasteiger partial charge >= 0.3 is 5.69 Å². The van der Waals surface area contributed by atoms with Gasteiger partial charge in [0.1, 0.15) is 4.83 Å². The average molecular weight is 449 g/mol. The summed E-state index contributed by atoms with van der Waals surface area (Å²) in [6.07, 6.45) is 4.18. The van der Waals surface area contributed by atoms with Crippen LogP contribution in [0.15, 0.2) is 25.6 Å². The molecule has 1 aliphatic rings. The lowest BCUT2D eigenvalue weighted by atomic mass is 9.97. The van der Waals surface area contributed by atoms with Gasteiger partial charge in [0.15, 0.2) is 5.16 Å². The molecule has 0 aliphatic heterocycles. The van der Waals surface area contributed by atoms with Gasteiger partial charge < -0.3 is 4.74 Å². The van der Waals surface area contributed by atoms with Gasteiger partial charge in [-0.15, -0.1) is 11.3 Å². The van der Waals surface area contributed by atoms with Gasteiger partial charge in [-0.25, -0.2) is 9.78 Å². The van der Waals surface area contributed by atoms with Crippen LogP contribution in [0, 0.1) is 0 Å². The molecule has 0 unspecified atom stereocenters. The molecule has 8 nitrogen and oxygen atoms in total. The zero-order chi connectivity index (χ0) is 21.4. The van der Waals surface area contributed by atoms with Crippen LogP contribution in [0.5, 0.6) is 0 Å². The predicted octanol–water partition coefficient (Wildman–Crippen LogP) is 1.67. The molecule has 1 aliphatic carbocycles. The standard InChI is InChI=1S/C20H24N4O4S2/c1-22-12(10-15(25)23(2)20(22)27)11-29-19-21-17-16(18(26)24(19)8-9-28-3)13-6-4-5-7-14(13)30-17/h10H,4-9,11H2,1-3H3. The number of nitrogens with zero attached hydrogens (tertiary/aromatic N) is 4. The maximum absolute atomic E-state index is 13.4. The Kier molecular flexibility index (Phi) is 5.99. The Morgan fingerprint density at radius 3 is 2.70 bits per heavy atom. The molecule has 0 spiro atoms. The molecule has 3 aromatic heterocycles. The van der Waals surface area contributed by atoms with Crippen molar-refractivity contribution in [2.45, 2.75) is 43.1 Å². The maximum Gasteiger partial charge on any atom is 0.330 e. The first-order valence-electron chi connectivity index (χ1n) is 9.85. The van der Waals surface area contributed by atoms with Gasteiger partial charge in [0.05, 0.1) is 18.5 Å². The molecule has 4 rings (SSSR count). The number of hydrogen-bond donors (Lipinski definition) is 0. The fourth-order valence-electron chi connectivity index (χ4n) is 3.77. The molecule has 0 saturated heterocycles. The van der Waals surface area contributed by atoms with Crippen molar-refractivity contribution in [3.8, 4) is 0 Å². The smallest absolute Gasteiger partial charge is 0.330 e. The number of ether oxygens (including phenoxy) is 1. The SMILES string of the molecule is COCCn1c(SCc2cc(=O)n(C)c(=O)n2C)nc2sc3c(c2c1=O)CCCC3. The van der Waals surface area contributed by atoms with Crippen molar-refractivity contribution in [3.63, 3.8) is 0 Å². The van der Waals surface area contributed by atoms with Gasteiger partial charge in [-0.3, -0.25) is 23.3 Å². The van der Waals surface area contributed by atoms with E-state index in [0.29, 0.717) is 29.8 Å². The van der Waals surface area contributed by atoms with E-state index in [1.807, 2.05) is 0 Å². The first kappa shape index (κ1) is 21.1. The van der Waals surface area contributed by atoms with Crippen LogP contribution in [0.1, 0.15) is 29.0 Å². The fraction of sp³-hybridized carbons (Fsp3) is 0.500. The number of thiophene rings is 1. The number of rotatable bonds is 6.